The Labute approximate surface area is 153 Å². The van der Waals surface area contributed by atoms with Crippen LogP contribution < -0.4 is 16.0 Å². The number of aromatic nitrogens is 2. The van der Waals surface area contributed by atoms with Crippen LogP contribution in [0.4, 0.5) is 0 Å². The van der Waals surface area contributed by atoms with Gasteiger partial charge in [-0.2, -0.15) is 0 Å². The number of H-pyrrole nitrogens is 1. The van der Waals surface area contributed by atoms with Crippen LogP contribution in [-0.2, 0) is 6.54 Å². The summed E-state index contributed by atoms with van der Waals surface area (Å²) in [6.45, 7) is 6.65. The van der Waals surface area contributed by atoms with E-state index in [2.05, 4.69) is 25.8 Å². The zero-order chi connectivity index (χ0) is 18.5. The minimum Gasteiger partial charge on any atom is -0.472 e. The van der Waals surface area contributed by atoms with Crippen LogP contribution in [0.2, 0.25) is 0 Å². The minimum atomic E-state index is -0.407. The lowest BCUT2D eigenvalue weighted by molar-refractivity contribution is -0.0191. The second kappa shape index (κ2) is 6.15. The Balaban J connectivity index is 1.84. The van der Waals surface area contributed by atoms with Gasteiger partial charge in [0, 0.05) is 11.8 Å². The fourth-order valence-corrected chi connectivity index (χ4v) is 4.75. The molecule has 0 spiro atoms. The number of hydrogen-bond donors (Lipinski definition) is 1. The molecule has 5 heteroatoms. The van der Waals surface area contributed by atoms with Crippen molar-refractivity contribution in [1.82, 2.24) is 9.55 Å². The fraction of sp³-hybridized carbons (Fsp3) is 0.524. The van der Waals surface area contributed by atoms with E-state index in [0.717, 1.165) is 24.8 Å². The van der Waals surface area contributed by atoms with Gasteiger partial charge in [0.2, 0.25) is 5.88 Å². The molecule has 26 heavy (non-hydrogen) atoms. The third-order valence-corrected chi connectivity index (χ3v) is 6.11. The van der Waals surface area contributed by atoms with Crippen molar-refractivity contribution in [1.29, 1.82) is 0 Å². The van der Waals surface area contributed by atoms with E-state index in [0.29, 0.717) is 23.3 Å². The Kier molecular flexibility index (Phi) is 4.05. The molecule has 2 aliphatic rings. The molecule has 2 heterocycles. The van der Waals surface area contributed by atoms with Crippen LogP contribution in [0.5, 0.6) is 5.88 Å². The predicted molar refractivity (Wildman–Crippen MR) is 101 cm³/mol. The lowest BCUT2D eigenvalue weighted by Gasteiger charge is -2.47. The Morgan fingerprint density at radius 2 is 1.92 bits per heavy atom. The largest absolute Gasteiger partial charge is 0.472 e. The summed E-state index contributed by atoms with van der Waals surface area (Å²) in [4.78, 5) is 28.7. The zero-order valence-corrected chi connectivity index (χ0v) is 15.6. The van der Waals surface area contributed by atoms with Crippen LogP contribution in [-0.4, -0.2) is 15.2 Å². The van der Waals surface area contributed by atoms with Crippen LogP contribution in [0, 0.1) is 11.8 Å². The van der Waals surface area contributed by atoms with Gasteiger partial charge in [0.05, 0.1) is 12.1 Å². The van der Waals surface area contributed by atoms with Gasteiger partial charge in [-0.05, 0) is 38.2 Å². The van der Waals surface area contributed by atoms with E-state index in [1.54, 1.807) is 0 Å². The highest BCUT2D eigenvalue weighted by atomic mass is 16.5. The monoisotopic (exact) mass is 354 g/mol. The number of nitrogens with one attached hydrogen (secondary N) is 1. The molecule has 0 amide bonds. The van der Waals surface area contributed by atoms with Gasteiger partial charge in [0.25, 0.3) is 5.56 Å². The average Bonchev–Trinajstić information content (AvgIpc) is 2.58. The zero-order valence-electron chi connectivity index (χ0n) is 15.6. The van der Waals surface area contributed by atoms with E-state index in [4.69, 9.17) is 4.74 Å². The van der Waals surface area contributed by atoms with Crippen LogP contribution in [0.25, 0.3) is 0 Å². The molecule has 1 fully saturated rings. The molecule has 1 aromatic carbocycles. The molecular formula is C21H26N2O3. The van der Waals surface area contributed by atoms with Crippen molar-refractivity contribution in [3.63, 3.8) is 0 Å². The molecule has 1 aliphatic carbocycles. The maximum absolute atomic E-state index is 13.3. The molecule has 4 rings (SSSR count). The van der Waals surface area contributed by atoms with E-state index in [1.807, 2.05) is 30.3 Å². The summed E-state index contributed by atoms with van der Waals surface area (Å²) in [5, 5.41) is 0. The summed E-state index contributed by atoms with van der Waals surface area (Å²) >= 11 is 0. The standard InChI is InChI=1S/C21H26N2O3/c1-13-9-10-16-15(11-13)17-18(26-21(16,2)3)22-20(25)23(19(17)24)12-14-7-5-4-6-8-14/h4-8,13,15-16H,9-12H2,1-3H3,(H,22,25). The summed E-state index contributed by atoms with van der Waals surface area (Å²) < 4.78 is 7.43. The van der Waals surface area contributed by atoms with Crippen molar-refractivity contribution in [2.45, 2.75) is 58.1 Å². The van der Waals surface area contributed by atoms with Crippen molar-refractivity contribution < 1.29 is 4.74 Å². The Morgan fingerprint density at radius 3 is 2.65 bits per heavy atom. The van der Waals surface area contributed by atoms with E-state index in [-0.39, 0.29) is 23.6 Å². The van der Waals surface area contributed by atoms with Gasteiger partial charge in [-0.1, -0.05) is 43.7 Å². The van der Waals surface area contributed by atoms with Crippen molar-refractivity contribution in [3.05, 3.63) is 62.3 Å². The average molecular weight is 354 g/mol. The number of nitrogens with zero attached hydrogens (tertiary/aromatic N) is 1. The first-order chi connectivity index (χ1) is 12.4. The van der Waals surface area contributed by atoms with Crippen LogP contribution >= 0.6 is 0 Å². The van der Waals surface area contributed by atoms with Crippen LogP contribution in [0.1, 0.15) is 57.1 Å². The third-order valence-electron chi connectivity index (χ3n) is 6.11. The van der Waals surface area contributed by atoms with Gasteiger partial charge in [-0.15, -0.1) is 0 Å². The first kappa shape index (κ1) is 17.1. The Bertz CT molecular complexity index is 927. The molecule has 1 aromatic heterocycles. The lowest BCUT2D eigenvalue weighted by Crippen LogP contribution is -2.51. The molecule has 3 atom stereocenters. The van der Waals surface area contributed by atoms with E-state index in [9.17, 15) is 9.59 Å². The molecule has 1 N–H and O–H groups in total. The lowest BCUT2D eigenvalue weighted by atomic mass is 9.65. The normalized spacial score (nSPS) is 26.5. The van der Waals surface area contributed by atoms with Gasteiger partial charge < -0.3 is 4.74 Å². The number of aromatic amines is 1. The number of benzene rings is 1. The minimum absolute atomic E-state index is 0.142. The Morgan fingerprint density at radius 1 is 1.19 bits per heavy atom. The third kappa shape index (κ3) is 2.79. The van der Waals surface area contributed by atoms with Crippen LogP contribution in [0.15, 0.2) is 39.9 Å². The Hall–Kier alpha value is -2.30. The van der Waals surface area contributed by atoms with Gasteiger partial charge in [0.15, 0.2) is 0 Å². The number of hydrogen-bond acceptors (Lipinski definition) is 3. The second-order valence-electron chi connectivity index (χ2n) is 8.39. The van der Waals surface area contributed by atoms with E-state index >= 15 is 0 Å². The van der Waals surface area contributed by atoms with Gasteiger partial charge >= 0.3 is 5.69 Å². The molecule has 1 aliphatic heterocycles. The fourth-order valence-electron chi connectivity index (χ4n) is 4.75. The quantitative estimate of drug-likeness (QED) is 0.900. The van der Waals surface area contributed by atoms with Gasteiger partial charge in [-0.3, -0.25) is 14.3 Å². The summed E-state index contributed by atoms with van der Waals surface area (Å²) in [5.74, 6) is 1.40. The highest BCUT2D eigenvalue weighted by Crippen LogP contribution is 2.50. The van der Waals surface area contributed by atoms with Crippen molar-refractivity contribution >= 4 is 0 Å². The first-order valence-corrected chi connectivity index (χ1v) is 9.47. The summed E-state index contributed by atoms with van der Waals surface area (Å²) in [6.07, 6.45) is 3.18. The number of fused-ring (bicyclic) bond motifs is 3. The highest BCUT2D eigenvalue weighted by Gasteiger charge is 2.47. The molecule has 5 nitrogen and oxygen atoms in total. The van der Waals surface area contributed by atoms with Gasteiger partial charge in [-0.25, -0.2) is 4.79 Å². The van der Waals surface area contributed by atoms with E-state index in [1.165, 1.54) is 4.57 Å². The smallest absolute Gasteiger partial charge is 0.331 e. The maximum atomic E-state index is 13.3. The molecule has 3 unspecified atom stereocenters. The molecule has 138 valence electrons. The van der Waals surface area contributed by atoms with Crippen LogP contribution in [0.3, 0.4) is 0 Å². The topological polar surface area (TPSA) is 64.1 Å². The second-order valence-corrected chi connectivity index (χ2v) is 8.39. The molecule has 0 bridgehead atoms. The number of rotatable bonds is 2. The van der Waals surface area contributed by atoms with Gasteiger partial charge in [0.1, 0.15) is 5.60 Å². The molecule has 0 radical (unpaired) electrons. The SMILES string of the molecule is CC1CCC2C(C1)c1c([nH]c(=O)n(Cc3ccccc3)c1=O)OC2(C)C. The summed E-state index contributed by atoms with van der Waals surface area (Å²) in [6, 6.07) is 9.61. The maximum Gasteiger partial charge on any atom is 0.331 e. The molecule has 1 saturated carbocycles. The van der Waals surface area contributed by atoms with Crippen molar-refractivity contribution in [2.75, 3.05) is 0 Å². The first-order valence-electron chi connectivity index (χ1n) is 9.47. The van der Waals surface area contributed by atoms with Crippen molar-refractivity contribution in [3.8, 4) is 5.88 Å². The summed E-state index contributed by atoms with van der Waals surface area (Å²) in [7, 11) is 0. The van der Waals surface area contributed by atoms with E-state index < -0.39 is 5.69 Å². The molecule has 2 aromatic rings. The molecular weight excluding hydrogens is 328 g/mol. The molecule has 0 saturated heterocycles. The predicted octanol–water partition coefficient (Wildman–Crippen LogP) is 3.28. The van der Waals surface area contributed by atoms with Crippen molar-refractivity contribution in [2.24, 2.45) is 11.8 Å². The summed E-state index contributed by atoms with van der Waals surface area (Å²) in [5.41, 5.74) is 0.615. The number of ether oxygens (including phenoxy) is 1. The highest BCUT2D eigenvalue weighted by molar-refractivity contribution is 5.33.